The molecule has 1 saturated heterocycles. The summed E-state index contributed by atoms with van der Waals surface area (Å²) >= 11 is 6.59. The van der Waals surface area contributed by atoms with Crippen molar-refractivity contribution in [2.75, 3.05) is 29.9 Å². The lowest BCUT2D eigenvalue weighted by Crippen LogP contribution is -2.48. The van der Waals surface area contributed by atoms with Gasteiger partial charge < -0.3 is 25.3 Å². The van der Waals surface area contributed by atoms with Gasteiger partial charge in [-0.3, -0.25) is 9.89 Å². The summed E-state index contributed by atoms with van der Waals surface area (Å²) in [5.41, 5.74) is 2.83. The van der Waals surface area contributed by atoms with E-state index in [0.717, 1.165) is 22.3 Å². The number of nitrogens with zero attached hydrogens (tertiary/aromatic N) is 4. The molecule has 32 heavy (non-hydrogen) atoms. The highest BCUT2D eigenvalue weighted by atomic mass is 35.5. The van der Waals surface area contributed by atoms with Crippen LogP contribution < -0.4 is 20.3 Å². The zero-order chi connectivity index (χ0) is 22.2. The van der Waals surface area contributed by atoms with Gasteiger partial charge in [-0.2, -0.15) is 15.1 Å². The molecular weight excluding hydrogens is 432 g/mol. The molecule has 1 aliphatic heterocycles. The molecule has 10 nitrogen and oxygen atoms in total. The molecule has 4 N–H and O–H groups in total. The predicted molar refractivity (Wildman–Crippen MR) is 122 cm³/mol. The second kappa shape index (κ2) is 8.04. The van der Waals surface area contributed by atoms with Crippen LogP contribution in [0, 0.1) is 13.8 Å². The Morgan fingerprint density at radius 2 is 2.00 bits per heavy atom. The first kappa shape index (κ1) is 20.1. The zero-order valence-corrected chi connectivity index (χ0v) is 18.2. The molecule has 0 unspecified atom stereocenters. The summed E-state index contributed by atoms with van der Waals surface area (Å²) in [6, 6.07) is 9.35. The molecular formula is C21H21ClN8O2. The van der Waals surface area contributed by atoms with Gasteiger partial charge >= 0.3 is 6.01 Å². The number of halogens is 1. The number of piperazine rings is 1. The van der Waals surface area contributed by atoms with Crippen LogP contribution in [0.1, 0.15) is 11.4 Å². The average molecular weight is 453 g/mol. The van der Waals surface area contributed by atoms with Crippen molar-refractivity contribution in [3.63, 3.8) is 0 Å². The normalized spacial score (nSPS) is 14.0. The first-order valence-corrected chi connectivity index (χ1v) is 10.5. The third-order valence-corrected chi connectivity index (χ3v) is 5.44. The van der Waals surface area contributed by atoms with E-state index in [1.165, 1.54) is 0 Å². The monoisotopic (exact) mass is 452 g/mol. The largest absolute Gasteiger partial charge is 0.423 e. The fourth-order valence-corrected chi connectivity index (χ4v) is 3.86. The Morgan fingerprint density at radius 3 is 2.78 bits per heavy atom. The molecule has 4 aromatic rings. The van der Waals surface area contributed by atoms with Crippen molar-refractivity contribution in [1.82, 2.24) is 30.5 Å². The zero-order valence-electron chi connectivity index (χ0n) is 17.5. The molecule has 0 atom stereocenters. The minimum atomic E-state index is -0.0638. The van der Waals surface area contributed by atoms with Crippen LogP contribution >= 0.6 is 11.6 Å². The van der Waals surface area contributed by atoms with Crippen LogP contribution in [0.15, 0.2) is 30.3 Å². The van der Waals surface area contributed by atoms with Crippen LogP contribution in [-0.2, 0) is 4.79 Å². The van der Waals surface area contributed by atoms with Crippen LogP contribution in [0.5, 0.6) is 11.8 Å². The molecule has 1 aliphatic rings. The number of ether oxygens (including phenoxy) is 1. The number of rotatable bonds is 5. The van der Waals surface area contributed by atoms with Gasteiger partial charge in [-0.15, -0.1) is 0 Å². The van der Waals surface area contributed by atoms with Gasteiger partial charge in [0.2, 0.25) is 5.91 Å². The number of aryl methyl sites for hydroxylation is 2. The highest BCUT2D eigenvalue weighted by Gasteiger charge is 2.20. The lowest BCUT2D eigenvalue weighted by molar-refractivity contribution is -0.120. The van der Waals surface area contributed by atoms with E-state index in [2.05, 4.69) is 35.8 Å². The van der Waals surface area contributed by atoms with Crippen LogP contribution in [-0.4, -0.2) is 50.7 Å². The summed E-state index contributed by atoms with van der Waals surface area (Å²) in [4.78, 5) is 26.0. The Morgan fingerprint density at radius 1 is 1.12 bits per heavy atom. The summed E-state index contributed by atoms with van der Waals surface area (Å²) in [5, 5.41) is 14.4. The summed E-state index contributed by atoms with van der Waals surface area (Å²) < 4.78 is 6.00. The van der Waals surface area contributed by atoms with Crippen molar-refractivity contribution < 1.29 is 9.53 Å². The van der Waals surface area contributed by atoms with Crippen molar-refractivity contribution in [2.45, 2.75) is 13.8 Å². The van der Waals surface area contributed by atoms with Gasteiger partial charge in [-0.05, 0) is 32.0 Å². The maximum Gasteiger partial charge on any atom is 0.325 e. The van der Waals surface area contributed by atoms with Gasteiger partial charge in [-0.25, -0.2) is 0 Å². The van der Waals surface area contributed by atoms with Crippen LogP contribution in [0.2, 0.25) is 5.02 Å². The number of fused-ring (bicyclic) bond motifs is 1. The Hall–Kier alpha value is -3.79. The second-order valence-corrected chi connectivity index (χ2v) is 8.00. The molecule has 11 heteroatoms. The van der Waals surface area contributed by atoms with Crippen LogP contribution in [0.3, 0.4) is 0 Å². The fourth-order valence-electron chi connectivity index (χ4n) is 3.60. The van der Waals surface area contributed by atoms with E-state index < -0.39 is 0 Å². The maximum absolute atomic E-state index is 11.9. The van der Waals surface area contributed by atoms with Crippen molar-refractivity contribution in [2.24, 2.45) is 0 Å². The number of H-pyrrole nitrogens is 2. The van der Waals surface area contributed by atoms with Gasteiger partial charge in [0.15, 0.2) is 5.82 Å². The molecule has 1 amide bonds. The van der Waals surface area contributed by atoms with E-state index in [0.29, 0.717) is 41.3 Å². The molecule has 1 aromatic carbocycles. The summed E-state index contributed by atoms with van der Waals surface area (Å²) in [6.07, 6.45) is 0. The van der Waals surface area contributed by atoms with Gasteiger partial charge in [-0.1, -0.05) is 11.6 Å². The number of carbonyl (C=O) groups excluding carboxylic acids is 1. The molecule has 3 aromatic heterocycles. The molecule has 0 saturated carbocycles. The number of hydrogen-bond acceptors (Lipinski definition) is 7. The summed E-state index contributed by atoms with van der Waals surface area (Å²) in [7, 11) is 0. The van der Waals surface area contributed by atoms with E-state index >= 15 is 0 Å². The molecule has 0 radical (unpaired) electrons. The Bertz CT molecular complexity index is 1310. The molecule has 0 spiro atoms. The number of anilines is 3. The number of hydrogen-bond donors (Lipinski definition) is 4. The quantitative estimate of drug-likeness (QED) is 0.365. The SMILES string of the molecule is Cc1cc(Nc2cc(N3CCNC(=O)C3)nc(Oc3ccc4[nH]c(C)cc4c3Cl)n2)n[nH]1. The first-order valence-electron chi connectivity index (χ1n) is 10.1. The van der Waals surface area contributed by atoms with E-state index in [1.807, 2.05) is 36.9 Å². The average Bonchev–Trinajstić information content (AvgIpc) is 3.35. The highest BCUT2D eigenvalue weighted by molar-refractivity contribution is 6.37. The number of benzene rings is 1. The summed E-state index contributed by atoms with van der Waals surface area (Å²) in [5.74, 6) is 2.03. The number of nitrogens with one attached hydrogen (secondary N) is 4. The van der Waals surface area contributed by atoms with E-state index in [-0.39, 0.29) is 18.5 Å². The Labute approximate surface area is 188 Å². The molecule has 0 aliphatic carbocycles. The molecule has 5 rings (SSSR count). The van der Waals surface area contributed by atoms with Crippen molar-refractivity contribution in [1.29, 1.82) is 0 Å². The standard InChI is InChI=1S/C21H21ClN8O2/c1-11-7-13-14(24-11)3-4-15(20(13)22)32-21-26-16(25-17-8-12(2)28-29-17)9-18(27-21)30-6-5-23-19(31)10-30/h3-4,7-9,24H,5-6,10H2,1-2H3,(H,23,31)(H2,25,26,27,28,29). The Balaban J connectivity index is 1.51. The van der Waals surface area contributed by atoms with Crippen molar-refractivity contribution in [3.05, 3.63) is 46.7 Å². The van der Waals surface area contributed by atoms with Gasteiger partial charge in [0, 0.05) is 47.5 Å². The lowest BCUT2D eigenvalue weighted by Gasteiger charge is -2.27. The predicted octanol–water partition coefficient (Wildman–Crippen LogP) is 3.42. The minimum absolute atomic E-state index is 0.0638. The topological polar surface area (TPSA) is 124 Å². The number of aromatic amines is 2. The molecule has 164 valence electrons. The molecule has 4 heterocycles. The Kier molecular flexibility index (Phi) is 5.06. The number of aromatic nitrogens is 5. The van der Waals surface area contributed by atoms with E-state index in [9.17, 15) is 4.79 Å². The minimum Gasteiger partial charge on any atom is -0.423 e. The molecule has 1 fully saturated rings. The van der Waals surface area contributed by atoms with E-state index in [4.69, 9.17) is 16.3 Å². The van der Waals surface area contributed by atoms with E-state index in [1.54, 1.807) is 12.1 Å². The third-order valence-electron chi connectivity index (χ3n) is 5.05. The summed E-state index contributed by atoms with van der Waals surface area (Å²) in [6.45, 7) is 5.24. The van der Waals surface area contributed by atoms with Gasteiger partial charge in [0.05, 0.1) is 11.6 Å². The number of carbonyl (C=O) groups is 1. The van der Waals surface area contributed by atoms with Gasteiger partial charge in [0.1, 0.15) is 17.4 Å². The van der Waals surface area contributed by atoms with Crippen molar-refractivity contribution in [3.8, 4) is 11.8 Å². The lowest BCUT2D eigenvalue weighted by atomic mass is 10.2. The highest BCUT2D eigenvalue weighted by Crippen LogP contribution is 2.36. The van der Waals surface area contributed by atoms with Crippen molar-refractivity contribution >= 4 is 45.9 Å². The smallest absolute Gasteiger partial charge is 0.325 e. The second-order valence-electron chi connectivity index (χ2n) is 7.62. The maximum atomic E-state index is 11.9. The number of amides is 1. The fraction of sp³-hybridized carbons (Fsp3) is 0.238. The molecule has 0 bridgehead atoms. The first-order chi connectivity index (χ1) is 15.4. The third kappa shape index (κ3) is 4.04. The van der Waals surface area contributed by atoms with Crippen LogP contribution in [0.4, 0.5) is 17.5 Å². The van der Waals surface area contributed by atoms with Gasteiger partial charge in [0.25, 0.3) is 0 Å². The van der Waals surface area contributed by atoms with Crippen LogP contribution in [0.25, 0.3) is 10.9 Å².